The van der Waals surface area contributed by atoms with E-state index in [9.17, 15) is 9.90 Å². The van der Waals surface area contributed by atoms with Crippen LogP contribution in [0.25, 0.3) is 0 Å². The Balaban J connectivity index is 3.11. The maximum Gasteiger partial charge on any atom is 0.335 e. The van der Waals surface area contributed by atoms with Crippen LogP contribution in [0.1, 0.15) is 25.1 Å². The number of aliphatic hydroxyl groups excluding tert-OH is 1. The minimum absolute atomic E-state index is 0.659. The Hall–Kier alpha value is -1.49. The Labute approximate surface area is 94.5 Å². The van der Waals surface area contributed by atoms with Gasteiger partial charge >= 0.3 is 5.97 Å². The summed E-state index contributed by atoms with van der Waals surface area (Å²) in [5, 5.41) is 9.89. The van der Waals surface area contributed by atoms with Gasteiger partial charge in [0.1, 0.15) is 6.33 Å². The lowest BCUT2D eigenvalue weighted by Crippen LogP contribution is -2.41. The molecule has 1 rings (SSSR count). The van der Waals surface area contributed by atoms with Gasteiger partial charge in [0, 0.05) is 22.9 Å². The van der Waals surface area contributed by atoms with E-state index in [1.807, 2.05) is 6.92 Å². The summed E-state index contributed by atoms with van der Waals surface area (Å²) in [6.07, 6.45) is 1.80. The molecule has 16 heavy (non-hydrogen) atoms. The largest absolute Gasteiger partial charge is 0.467 e. The van der Waals surface area contributed by atoms with Crippen LogP contribution in [-0.4, -0.2) is 34.3 Å². The Morgan fingerprint density at radius 2 is 2.19 bits per heavy atom. The first-order chi connectivity index (χ1) is 7.41. The normalized spacial score (nSPS) is 13.3. The fraction of sp³-hybridized carbons (Fsp3) is 0.545. The van der Waals surface area contributed by atoms with Crippen LogP contribution in [-0.2, 0) is 14.9 Å². The van der Waals surface area contributed by atoms with E-state index >= 15 is 0 Å². The van der Waals surface area contributed by atoms with Gasteiger partial charge in [-0.05, 0) is 6.92 Å². The molecular weight excluding hydrogens is 208 g/mol. The van der Waals surface area contributed by atoms with Crippen molar-refractivity contribution in [2.24, 2.45) is 0 Å². The number of hydrogen-bond acceptors (Lipinski definition) is 5. The molecule has 1 heterocycles. The van der Waals surface area contributed by atoms with Crippen molar-refractivity contribution in [2.75, 3.05) is 7.11 Å². The molecule has 0 spiro atoms. The highest BCUT2D eigenvalue weighted by molar-refractivity contribution is 5.76. The Morgan fingerprint density at radius 3 is 2.69 bits per heavy atom. The van der Waals surface area contributed by atoms with Crippen LogP contribution in [0.5, 0.6) is 0 Å². The molecule has 0 aliphatic heterocycles. The number of aromatic nitrogens is 2. The maximum absolute atomic E-state index is 11.3. The van der Waals surface area contributed by atoms with Crippen LogP contribution in [0.2, 0.25) is 0 Å². The highest BCUT2D eigenvalue weighted by Crippen LogP contribution is 2.28. The van der Waals surface area contributed by atoms with Crippen molar-refractivity contribution < 1.29 is 14.6 Å². The molecule has 0 bridgehead atoms. The lowest BCUT2D eigenvalue weighted by atomic mass is 9.79. The van der Waals surface area contributed by atoms with Gasteiger partial charge in [0.15, 0.2) is 6.10 Å². The summed E-state index contributed by atoms with van der Waals surface area (Å²) in [5.74, 6) is -0.659. The van der Waals surface area contributed by atoms with Crippen molar-refractivity contribution in [1.82, 2.24) is 9.97 Å². The summed E-state index contributed by atoms with van der Waals surface area (Å²) in [6.45, 7) is 5.31. The van der Waals surface area contributed by atoms with Gasteiger partial charge in [0.05, 0.1) is 7.11 Å². The number of ether oxygens (including phenoxy) is 1. The van der Waals surface area contributed by atoms with Gasteiger partial charge in [-0.2, -0.15) is 0 Å². The van der Waals surface area contributed by atoms with Gasteiger partial charge in [0.25, 0.3) is 0 Å². The predicted octanol–water partition coefficient (Wildman–Crippen LogP) is 0.597. The van der Waals surface area contributed by atoms with Crippen LogP contribution in [0.4, 0.5) is 0 Å². The zero-order valence-corrected chi connectivity index (χ0v) is 9.89. The summed E-state index contributed by atoms with van der Waals surface area (Å²) in [6, 6.07) is 0. The third kappa shape index (κ3) is 2.19. The quantitative estimate of drug-likeness (QED) is 0.761. The molecule has 0 saturated heterocycles. The molecule has 1 N–H and O–H groups in total. The average Bonchev–Trinajstić information content (AvgIpc) is 2.27. The van der Waals surface area contributed by atoms with E-state index in [0.29, 0.717) is 0 Å². The number of nitrogens with zero attached hydrogens (tertiary/aromatic N) is 2. The van der Waals surface area contributed by atoms with Crippen molar-refractivity contribution in [3.8, 4) is 0 Å². The molecule has 0 fully saturated rings. The smallest absolute Gasteiger partial charge is 0.335 e. The lowest BCUT2D eigenvalue weighted by Gasteiger charge is -2.29. The second-order valence-electron chi connectivity index (χ2n) is 4.17. The van der Waals surface area contributed by atoms with Crippen molar-refractivity contribution in [3.63, 3.8) is 0 Å². The highest BCUT2D eigenvalue weighted by Gasteiger charge is 2.37. The zero-order valence-electron chi connectivity index (χ0n) is 9.89. The molecule has 1 unspecified atom stereocenters. The molecule has 88 valence electrons. The number of hydrogen-bond donors (Lipinski definition) is 1. The molecule has 5 heteroatoms. The Bertz CT molecular complexity index is 391. The van der Waals surface area contributed by atoms with Gasteiger partial charge in [-0.15, -0.1) is 0 Å². The maximum atomic E-state index is 11.3. The number of carbonyl (C=O) groups excluding carboxylic acids is 1. The lowest BCUT2D eigenvalue weighted by molar-refractivity contribution is -0.153. The minimum Gasteiger partial charge on any atom is -0.467 e. The molecule has 5 nitrogen and oxygen atoms in total. The second kappa shape index (κ2) is 4.57. The molecular formula is C11H16N2O3. The summed E-state index contributed by atoms with van der Waals surface area (Å²) < 4.78 is 4.53. The van der Waals surface area contributed by atoms with Gasteiger partial charge in [-0.1, -0.05) is 13.8 Å². The van der Waals surface area contributed by atoms with Gasteiger partial charge in [-0.25, -0.2) is 14.8 Å². The first-order valence-electron chi connectivity index (χ1n) is 4.94. The van der Waals surface area contributed by atoms with Gasteiger partial charge in [0.2, 0.25) is 0 Å². The van der Waals surface area contributed by atoms with Crippen LogP contribution in [0, 0.1) is 6.92 Å². The number of methoxy groups -OCH3 is 1. The van der Waals surface area contributed by atoms with Crippen LogP contribution in [0.3, 0.4) is 0 Å². The van der Waals surface area contributed by atoms with Gasteiger partial charge in [-0.3, -0.25) is 0 Å². The van der Waals surface area contributed by atoms with Crippen LogP contribution >= 0.6 is 0 Å². The van der Waals surface area contributed by atoms with Gasteiger partial charge < -0.3 is 9.84 Å². The Kier molecular flexibility index (Phi) is 3.59. The third-order valence-corrected chi connectivity index (χ3v) is 2.71. The summed E-state index contributed by atoms with van der Waals surface area (Å²) in [5.41, 5.74) is 0.689. The molecule has 0 amide bonds. The first kappa shape index (κ1) is 12.6. The SMILES string of the molecule is COC(=O)C(O)C(C)(C)c1cncnc1C. The van der Waals surface area contributed by atoms with E-state index < -0.39 is 17.5 Å². The highest BCUT2D eigenvalue weighted by atomic mass is 16.5. The molecule has 1 atom stereocenters. The standard InChI is InChI=1S/C11H16N2O3/c1-7-8(5-12-6-13-7)11(2,3)9(14)10(15)16-4/h5-6,9,14H,1-4H3. The monoisotopic (exact) mass is 224 g/mol. The number of rotatable bonds is 3. The number of aliphatic hydroxyl groups is 1. The minimum atomic E-state index is -1.23. The van der Waals surface area contributed by atoms with E-state index in [2.05, 4.69) is 14.7 Å². The molecule has 0 aromatic carbocycles. The fourth-order valence-corrected chi connectivity index (χ4v) is 1.58. The summed E-state index contributed by atoms with van der Waals surface area (Å²) >= 11 is 0. The molecule has 0 radical (unpaired) electrons. The van der Waals surface area contributed by atoms with Crippen molar-refractivity contribution in [2.45, 2.75) is 32.3 Å². The fourth-order valence-electron chi connectivity index (χ4n) is 1.58. The van der Waals surface area contributed by atoms with E-state index in [-0.39, 0.29) is 0 Å². The number of aryl methyl sites for hydroxylation is 1. The predicted molar refractivity (Wildman–Crippen MR) is 57.8 cm³/mol. The summed E-state index contributed by atoms with van der Waals surface area (Å²) in [7, 11) is 1.25. The van der Waals surface area contributed by atoms with Crippen LogP contribution in [0.15, 0.2) is 12.5 Å². The van der Waals surface area contributed by atoms with E-state index in [0.717, 1.165) is 11.3 Å². The van der Waals surface area contributed by atoms with Crippen molar-refractivity contribution in [1.29, 1.82) is 0 Å². The Morgan fingerprint density at radius 1 is 1.56 bits per heavy atom. The van der Waals surface area contributed by atoms with Crippen LogP contribution < -0.4 is 0 Å². The molecule has 0 aliphatic rings. The molecule has 1 aromatic heterocycles. The number of carbonyl (C=O) groups is 1. The average molecular weight is 224 g/mol. The molecule has 1 aromatic rings. The first-order valence-corrected chi connectivity index (χ1v) is 4.94. The summed E-state index contributed by atoms with van der Waals surface area (Å²) in [4.78, 5) is 19.3. The van der Waals surface area contributed by atoms with Crippen molar-refractivity contribution in [3.05, 3.63) is 23.8 Å². The molecule has 0 saturated carbocycles. The third-order valence-electron chi connectivity index (χ3n) is 2.71. The number of esters is 1. The second-order valence-corrected chi connectivity index (χ2v) is 4.17. The van der Waals surface area contributed by atoms with E-state index in [1.165, 1.54) is 13.4 Å². The topological polar surface area (TPSA) is 72.3 Å². The zero-order chi connectivity index (χ0) is 12.3. The van der Waals surface area contributed by atoms with E-state index in [4.69, 9.17) is 0 Å². The van der Waals surface area contributed by atoms with Crippen molar-refractivity contribution >= 4 is 5.97 Å². The molecule has 0 aliphatic carbocycles. The van der Waals surface area contributed by atoms with E-state index in [1.54, 1.807) is 20.0 Å².